The first-order valence-corrected chi connectivity index (χ1v) is 14.6. The number of nitrogens with one attached hydrogen (secondary N) is 2. The number of amides is 1. The van der Waals surface area contributed by atoms with E-state index in [1.165, 1.54) is 12.1 Å². The van der Waals surface area contributed by atoms with Gasteiger partial charge in [-0.1, -0.05) is 31.9 Å². The van der Waals surface area contributed by atoms with Crippen LogP contribution in [-0.4, -0.2) is 52.8 Å². The van der Waals surface area contributed by atoms with Gasteiger partial charge in [0, 0.05) is 42.9 Å². The first-order valence-electron chi connectivity index (χ1n) is 14.2. The average molecular weight is 596 g/mol. The van der Waals surface area contributed by atoms with Crippen LogP contribution < -0.4 is 15.5 Å². The molecule has 2 aromatic carbocycles. The molecule has 1 aliphatic rings. The molecular formula is C32H36ClF2N5O2. The highest BCUT2D eigenvalue weighted by Gasteiger charge is 2.44. The van der Waals surface area contributed by atoms with Gasteiger partial charge < -0.3 is 20.6 Å². The van der Waals surface area contributed by atoms with E-state index in [2.05, 4.69) is 26.5 Å². The van der Waals surface area contributed by atoms with E-state index in [4.69, 9.17) is 18.0 Å². The van der Waals surface area contributed by atoms with Gasteiger partial charge in [0.05, 0.1) is 12.1 Å². The van der Waals surface area contributed by atoms with Crippen molar-refractivity contribution in [2.45, 2.75) is 63.6 Å². The van der Waals surface area contributed by atoms with Gasteiger partial charge in [-0.3, -0.25) is 4.79 Å². The molecule has 1 fully saturated rings. The normalized spacial score (nSPS) is 15.0. The fourth-order valence-corrected chi connectivity index (χ4v) is 5.29. The lowest BCUT2D eigenvalue weighted by Crippen LogP contribution is -2.50. The molecule has 2 atom stereocenters. The lowest BCUT2D eigenvalue weighted by Gasteiger charge is -2.27. The standard InChI is InChI=1S/C32H36ClF2N5O2/c1-4-12-40(13-5-2)29-19-27(38-31(33)39-29)30(42)37-26(17-22-15-24(34)18-25(35)16-22)28(41)20-36-32(10-11-32)23-9-7-8-21(6-3)14-23/h3,7-9,14-16,18-19,26,28,36,41H,4-5,10-13,17,20H2,1-2H3,(H,37,42)/t26-,28+/m0/s1. The fraction of sp³-hybridized carbons (Fsp3) is 0.406. The molecule has 7 nitrogen and oxygen atoms in total. The number of rotatable bonds is 14. The number of hydrogen-bond acceptors (Lipinski definition) is 6. The Bertz CT molecular complexity index is 1420. The predicted octanol–water partition coefficient (Wildman–Crippen LogP) is 5.00. The molecule has 0 saturated heterocycles. The molecule has 0 unspecified atom stereocenters. The molecular weight excluding hydrogens is 560 g/mol. The summed E-state index contributed by atoms with van der Waals surface area (Å²) in [6.45, 7) is 5.66. The minimum atomic E-state index is -1.11. The number of anilines is 1. The summed E-state index contributed by atoms with van der Waals surface area (Å²) in [5.74, 6) is 1.10. The summed E-state index contributed by atoms with van der Waals surface area (Å²) < 4.78 is 28.0. The maximum Gasteiger partial charge on any atom is 0.270 e. The van der Waals surface area contributed by atoms with Crippen molar-refractivity contribution < 1.29 is 18.7 Å². The van der Waals surface area contributed by atoms with Crippen molar-refractivity contribution in [1.29, 1.82) is 0 Å². The number of carbonyl (C=O) groups excluding carboxylic acids is 1. The minimum absolute atomic E-state index is 0.0215. The minimum Gasteiger partial charge on any atom is -0.390 e. The van der Waals surface area contributed by atoms with E-state index in [0.717, 1.165) is 56.0 Å². The van der Waals surface area contributed by atoms with Crippen LogP contribution in [0.3, 0.4) is 0 Å². The van der Waals surface area contributed by atoms with Gasteiger partial charge in [-0.2, -0.15) is 0 Å². The molecule has 0 radical (unpaired) electrons. The average Bonchev–Trinajstić information content (AvgIpc) is 3.76. The highest BCUT2D eigenvalue weighted by Crippen LogP contribution is 2.45. The van der Waals surface area contributed by atoms with Crippen molar-refractivity contribution in [3.63, 3.8) is 0 Å². The third-order valence-corrected chi connectivity index (χ3v) is 7.54. The van der Waals surface area contributed by atoms with Crippen molar-refractivity contribution in [2.75, 3.05) is 24.5 Å². The molecule has 1 saturated carbocycles. The third kappa shape index (κ3) is 8.03. The number of hydrogen-bond donors (Lipinski definition) is 3. The number of terminal acetylenes is 1. The smallest absolute Gasteiger partial charge is 0.270 e. The molecule has 0 spiro atoms. The molecule has 1 aliphatic carbocycles. The Hall–Kier alpha value is -3.58. The summed E-state index contributed by atoms with van der Waals surface area (Å²) in [6, 6.07) is 11.5. The molecule has 222 valence electrons. The maximum atomic E-state index is 14.0. The van der Waals surface area contributed by atoms with E-state index < -0.39 is 29.7 Å². The summed E-state index contributed by atoms with van der Waals surface area (Å²) in [5, 5.41) is 17.5. The largest absolute Gasteiger partial charge is 0.390 e. The lowest BCUT2D eigenvalue weighted by molar-refractivity contribution is 0.0817. The van der Waals surface area contributed by atoms with Crippen molar-refractivity contribution in [3.8, 4) is 12.3 Å². The number of nitrogens with zero attached hydrogens (tertiary/aromatic N) is 3. The Balaban J connectivity index is 1.55. The topological polar surface area (TPSA) is 90.4 Å². The Kier molecular flexibility index (Phi) is 10.5. The van der Waals surface area contributed by atoms with E-state index in [1.54, 1.807) is 6.07 Å². The van der Waals surface area contributed by atoms with Crippen molar-refractivity contribution in [2.24, 2.45) is 0 Å². The van der Waals surface area contributed by atoms with Crippen molar-refractivity contribution in [3.05, 3.63) is 87.8 Å². The highest BCUT2D eigenvalue weighted by molar-refractivity contribution is 6.28. The number of aromatic nitrogens is 2. The summed E-state index contributed by atoms with van der Waals surface area (Å²) in [4.78, 5) is 23.9. The molecule has 10 heteroatoms. The van der Waals surface area contributed by atoms with Gasteiger partial charge in [0.25, 0.3) is 5.91 Å². The maximum absolute atomic E-state index is 14.0. The Labute approximate surface area is 250 Å². The SMILES string of the molecule is C#Cc1cccc(C2(NC[C@@H](O)[C@H](Cc3cc(F)cc(F)c3)NC(=O)c3cc(N(CCC)CCC)nc(Cl)n3)CC2)c1. The highest BCUT2D eigenvalue weighted by atomic mass is 35.5. The number of carbonyl (C=O) groups is 1. The quantitative estimate of drug-likeness (QED) is 0.180. The van der Waals surface area contributed by atoms with Crippen molar-refractivity contribution in [1.82, 2.24) is 20.6 Å². The van der Waals surface area contributed by atoms with E-state index in [9.17, 15) is 18.7 Å². The Morgan fingerprint density at radius 2 is 1.81 bits per heavy atom. The summed E-state index contributed by atoms with van der Waals surface area (Å²) in [6.07, 6.45) is 7.91. The van der Waals surface area contributed by atoms with Gasteiger partial charge >= 0.3 is 0 Å². The van der Waals surface area contributed by atoms with E-state index in [0.29, 0.717) is 5.82 Å². The van der Waals surface area contributed by atoms with Crippen LogP contribution in [0, 0.1) is 24.0 Å². The van der Waals surface area contributed by atoms with Crippen LogP contribution in [0.25, 0.3) is 0 Å². The fourth-order valence-electron chi connectivity index (χ4n) is 5.11. The lowest BCUT2D eigenvalue weighted by atomic mass is 9.98. The van der Waals surface area contributed by atoms with E-state index >= 15 is 0 Å². The molecule has 3 N–H and O–H groups in total. The number of benzene rings is 2. The summed E-state index contributed by atoms with van der Waals surface area (Å²) in [5.41, 5.74) is 1.76. The van der Waals surface area contributed by atoms with Crippen molar-refractivity contribution >= 4 is 23.3 Å². The van der Waals surface area contributed by atoms with Gasteiger partial charge in [-0.05, 0) is 79.1 Å². The first-order chi connectivity index (χ1) is 20.2. The van der Waals surface area contributed by atoms with Gasteiger partial charge in [0.1, 0.15) is 23.1 Å². The van der Waals surface area contributed by atoms with Gasteiger partial charge in [0.2, 0.25) is 5.28 Å². The van der Waals surface area contributed by atoms with E-state index in [-0.39, 0.29) is 35.0 Å². The van der Waals surface area contributed by atoms with Gasteiger partial charge in [0.15, 0.2) is 0 Å². The van der Waals surface area contributed by atoms with Crippen LogP contribution in [0.4, 0.5) is 14.6 Å². The third-order valence-electron chi connectivity index (χ3n) is 7.37. The predicted molar refractivity (Wildman–Crippen MR) is 160 cm³/mol. The zero-order valence-corrected chi connectivity index (χ0v) is 24.6. The molecule has 4 rings (SSSR count). The zero-order chi connectivity index (χ0) is 30.3. The van der Waals surface area contributed by atoms with Gasteiger partial charge in [-0.15, -0.1) is 6.42 Å². The summed E-state index contributed by atoms with van der Waals surface area (Å²) in [7, 11) is 0. The van der Waals surface area contributed by atoms with E-state index in [1.807, 2.05) is 43.0 Å². The van der Waals surface area contributed by atoms with Crippen LogP contribution in [-0.2, 0) is 12.0 Å². The second-order valence-electron chi connectivity index (χ2n) is 10.7. The second-order valence-corrected chi connectivity index (χ2v) is 11.0. The monoisotopic (exact) mass is 595 g/mol. The molecule has 42 heavy (non-hydrogen) atoms. The number of aliphatic hydroxyl groups is 1. The zero-order valence-electron chi connectivity index (χ0n) is 23.8. The number of aliphatic hydroxyl groups excluding tert-OH is 1. The van der Waals surface area contributed by atoms with Gasteiger partial charge in [-0.25, -0.2) is 18.7 Å². The van der Waals surface area contributed by atoms with Crippen LogP contribution in [0.1, 0.15) is 66.7 Å². The first kappa shape index (κ1) is 31.4. The molecule has 3 aromatic rings. The molecule has 0 aliphatic heterocycles. The molecule has 1 heterocycles. The van der Waals surface area contributed by atoms with Crippen LogP contribution in [0.2, 0.25) is 5.28 Å². The Morgan fingerprint density at radius 1 is 1.12 bits per heavy atom. The van der Waals surface area contributed by atoms with Crippen LogP contribution in [0.5, 0.6) is 0 Å². The Morgan fingerprint density at radius 3 is 2.43 bits per heavy atom. The molecule has 1 aromatic heterocycles. The van der Waals surface area contributed by atoms with Crippen LogP contribution in [0.15, 0.2) is 48.5 Å². The summed E-state index contributed by atoms with van der Waals surface area (Å²) >= 11 is 6.20. The number of halogens is 3. The molecule has 1 amide bonds. The molecule has 0 bridgehead atoms. The second kappa shape index (κ2) is 14.1. The van der Waals surface area contributed by atoms with Crippen LogP contribution >= 0.6 is 11.6 Å².